The van der Waals surface area contributed by atoms with Gasteiger partial charge < -0.3 is 19.9 Å². The SMILES string of the molecule is CCOC(=O)C1CCN(C(=NC)NCCCCN2CCCC2)CC1. The Bertz CT molecular complexity index is 400. The summed E-state index contributed by atoms with van der Waals surface area (Å²) < 4.78 is 5.13. The van der Waals surface area contributed by atoms with Gasteiger partial charge in [-0.15, -0.1) is 0 Å². The molecule has 138 valence electrons. The average molecular weight is 338 g/mol. The summed E-state index contributed by atoms with van der Waals surface area (Å²) in [5.41, 5.74) is 0. The molecule has 0 unspecified atom stereocenters. The van der Waals surface area contributed by atoms with Gasteiger partial charge in [0.05, 0.1) is 12.5 Å². The van der Waals surface area contributed by atoms with Gasteiger partial charge in [-0.3, -0.25) is 9.79 Å². The molecule has 0 bridgehead atoms. The number of aliphatic imine (C=N–C) groups is 1. The van der Waals surface area contributed by atoms with Crippen LogP contribution < -0.4 is 5.32 Å². The average Bonchev–Trinajstić information content (AvgIpc) is 3.12. The van der Waals surface area contributed by atoms with Crippen LogP contribution in [0.1, 0.15) is 45.4 Å². The maximum absolute atomic E-state index is 11.8. The van der Waals surface area contributed by atoms with Crippen LogP contribution in [-0.4, -0.2) is 74.7 Å². The molecule has 2 heterocycles. The number of carbonyl (C=O) groups is 1. The Morgan fingerprint density at radius 2 is 1.88 bits per heavy atom. The number of hydrogen-bond acceptors (Lipinski definition) is 4. The van der Waals surface area contributed by atoms with Crippen molar-refractivity contribution in [3.8, 4) is 0 Å². The molecule has 0 aromatic rings. The number of nitrogens with zero attached hydrogens (tertiary/aromatic N) is 3. The van der Waals surface area contributed by atoms with Gasteiger partial charge in [-0.25, -0.2) is 0 Å². The van der Waals surface area contributed by atoms with Crippen molar-refractivity contribution >= 4 is 11.9 Å². The molecule has 2 aliphatic rings. The third-order valence-corrected chi connectivity index (χ3v) is 5.01. The van der Waals surface area contributed by atoms with Gasteiger partial charge in [-0.1, -0.05) is 0 Å². The zero-order chi connectivity index (χ0) is 17.2. The summed E-state index contributed by atoms with van der Waals surface area (Å²) in [7, 11) is 1.84. The van der Waals surface area contributed by atoms with Crippen LogP contribution >= 0.6 is 0 Å². The predicted molar refractivity (Wildman–Crippen MR) is 97.2 cm³/mol. The fourth-order valence-corrected chi connectivity index (χ4v) is 3.59. The van der Waals surface area contributed by atoms with Gasteiger partial charge in [0, 0.05) is 26.7 Å². The minimum absolute atomic E-state index is 0.0398. The van der Waals surface area contributed by atoms with Gasteiger partial charge in [0.25, 0.3) is 0 Å². The van der Waals surface area contributed by atoms with Gasteiger partial charge in [0.15, 0.2) is 5.96 Å². The van der Waals surface area contributed by atoms with Crippen molar-refractivity contribution in [2.45, 2.75) is 45.4 Å². The van der Waals surface area contributed by atoms with Crippen LogP contribution in [-0.2, 0) is 9.53 Å². The van der Waals surface area contributed by atoms with E-state index in [9.17, 15) is 4.79 Å². The van der Waals surface area contributed by atoms with E-state index in [0.29, 0.717) is 6.61 Å². The van der Waals surface area contributed by atoms with E-state index in [1.54, 1.807) is 0 Å². The number of unbranched alkanes of at least 4 members (excludes halogenated alkanes) is 1. The van der Waals surface area contributed by atoms with Crippen LogP contribution in [0, 0.1) is 5.92 Å². The minimum atomic E-state index is -0.0398. The first-order valence-electron chi connectivity index (χ1n) is 9.59. The first-order chi connectivity index (χ1) is 11.7. The molecule has 0 radical (unpaired) electrons. The molecule has 2 saturated heterocycles. The van der Waals surface area contributed by atoms with E-state index in [1.807, 2.05) is 14.0 Å². The van der Waals surface area contributed by atoms with Crippen LogP contribution in [0.15, 0.2) is 4.99 Å². The van der Waals surface area contributed by atoms with E-state index in [1.165, 1.54) is 45.3 Å². The number of likely N-dealkylation sites (tertiary alicyclic amines) is 2. The molecule has 2 aliphatic heterocycles. The zero-order valence-electron chi connectivity index (χ0n) is 15.4. The van der Waals surface area contributed by atoms with Crippen molar-refractivity contribution in [2.24, 2.45) is 10.9 Å². The van der Waals surface area contributed by atoms with Crippen molar-refractivity contribution in [3.63, 3.8) is 0 Å². The second kappa shape index (κ2) is 10.5. The number of hydrogen-bond donors (Lipinski definition) is 1. The molecule has 0 aliphatic carbocycles. The van der Waals surface area contributed by atoms with Crippen LogP contribution in [0.25, 0.3) is 0 Å². The highest BCUT2D eigenvalue weighted by Crippen LogP contribution is 2.18. The highest BCUT2D eigenvalue weighted by Gasteiger charge is 2.27. The summed E-state index contributed by atoms with van der Waals surface area (Å²) >= 11 is 0. The maximum Gasteiger partial charge on any atom is 0.309 e. The van der Waals surface area contributed by atoms with E-state index in [0.717, 1.165) is 38.4 Å². The monoisotopic (exact) mass is 338 g/mol. The zero-order valence-corrected chi connectivity index (χ0v) is 15.4. The summed E-state index contributed by atoms with van der Waals surface area (Å²) in [6.45, 7) is 8.84. The van der Waals surface area contributed by atoms with Crippen molar-refractivity contribution in [3.05, 3.63) is 0 Å². The van der Waals surface area contributed by atoms with Crippen molar-refractivity contribution in [1.29, 1.82) is 0 Å². The number of carbonyl (C=O) groups excluding carboxylic acids is 1. The van der Waals surface area contributed by atoms with E-state index in [2.05, 4.69) is 20.1 Å². The van der Waals surface area contributed by atoms with Gasteiger partial charge in [-0.2, -0.15) is 0 Å². The molecular weight excluding hydrogens is 304 g/mol. The second-order valence-corrected chi connectivity index (χ2v) is 6.74. The quantitative estimate of drug-likeness (QED) is 0.331. The summed E-state index contributed by atoms with van der Waals surface area (Å²) in [6, 6.07) is 0. The first kappa shape index (κ1) is 19.0. The van der Waals surface area contributed by atoms with Crippen molar-refractivity contribution in [2.75, 3.05) is 52.9 Å². The molecule has 0 saturated carbocycles. The largest absolute Gasteiger partial charge is 0.466 e. The van der Waals surface area contributed by atoms with Crippen LogP contribution in [0.2, 0.25) is 0 Å². The summed E-state index contributed by atoms with van der Waals surface area (Å²) in [5, 5.41) is 3.47. The fraction of sp³-hybridized carbons (Fsp3) is 0.889. The lowest BCUT2D eigenvalue weighted by molar-refractivity contribution is -0.149. The molecule has 0 amide bonds. The van der Waals surface area contributed by atoms with E-state index in [4.69, 9.17) is 4.74 Å². The topological polar surface area (TPSA) is 57.2 Å². The Morgan fingerprint density at radius 3 is 2.50 bits per heavy atom. The second-order valence-electron chi connectivity index (χ2n) is 6.74. The van der Waals surface area contributed by atoms with Crippen molar-refractivity contribution < 1.29 is 9.53 Å². The number of guanidine groups is 1. The highest BCUT2D eigenvalue weighted by atomic mass is 16.5. The highest BCUT2D eigenvalue weighted by molar-refractivity contribution is 5.80. The van der Waals surface area contributed by atoms with Crippen molar-refractivity contribution in [1.82, 2.24) is 15.1 Å². The lowest BCUT2D eigenvalue weighted by Gasteiger charge is -2.33. The van der Waals surface area contributed by atoms with E-state index >= 15 is 0 Å². The number of rotatable bonds is 7. The Balaban J connectivity index is 1.60. The van der Waals surface area contributed by atoms with Gasteiger partial charge >= 0.3 is 5.97 Å². The van der Waals surface area contributed by atoms with Crippen LogP contribution in [0.5, 0.6) is 0 Å². The van der Waals surface area contributed by atoms with Gasteiger partial charge in [0.2, 0.25) is 0 Å². The lowest BCUT2D eigenvalue weighted by Crippen LogP contribution is -2.47. The Kier molecular flexibility index (Phi) is 8.36. The molecular formula is C18H34N4O2. The molecule has 0 aromatic carbocycles. The normalized spacial score (nSPS) is 20.4. The summed E-state index contributed by atoms with van der Waals surface area (Å²) in [6.07, 6.45) is 6.87. The first-order valence-corrected chi connectivity index (χ1v) is 9.59. The van der Waals surface area contributed by atoms with E-state index in [-0.39, 0.29) is 11.9 Å². The molecule has 6 nitrogen and oxygen atoms in total. The predicted octanol–water partition coefficient (Wildman–Crippen LogP) is 1.71. The standard InChI is InChI=1S/C18H34N4O2/c1-3-24-17(23)16-8-14-22(15-9-16)18(19-2)20-10-4-5-11-21-12-6-7-13-21/h16H,3-15H2,1-2H3,(H,19,20). The number of nitrogens with one attached hydrogen (secondary N) is 1. The molecule has 2 fully saturated rings. The summed E-state index contributed by atoms with van der Waals surface area (Å²) in [4.78, 5) is 21.0. The van der Waals surface area contributed by atoms with Crippen LogP contribution in [0.3, 0.4) is 0 Å². The lowest BCUT2D eigenvalue weighted by atomic mass is 9.97. The Hall–Kier alpha value is -1.30. The number of esters is 1. The smallest absolute Gasteiger partial charge is 0.309 e. The molecule has 2 rings (SSSR count). The minimum Gasteiger partial charge on any atom is -0.466 e. The molecule has 24 heavy (non-hydrogen) atoms. The molecule has 6 heteroatoms. The molecule has 1 N–H and O–H groups in total. The van der Waals surface area contributed by atoms with E-state index < -0.39 is 0 Å². The maximum atomic E-state index is 11.8. The Labute approximate surface area is 146 Å². The fourth-order valence-electron chi connectivity index (χ4n) is 3.59. The third-order valence-electron chi connectivity index (χ3n) is 5.01. The molecule has 0 spiro atoms. The summed E-state index contributed by atoms with van der Waals surface area (Å²) in [5.74, 6) is 0.986. The number of ether oxygens (including phenoxy) is 1. The number of piperidine rings is 1. The molecule has 0 aromatic heterocycles. The molecule has 0 atom stereocenters. The van der Waals surface area contributed by atoms with Crippen LogP contribution in [0.4, 0.5) is 0 Å². The van der Waals surface area contributed by atoms with Gasteiger partial charge in [-0.05, 0) is 65.1 Å². The Morgan fingerprint density at radius 1 is 1.17 bits per heavy atom. The third kappa shape index (κ3) is 5.96. The van der Waals surface area contributed by atoms with Gasteiger partial charge in [0.1, 0.15) is 0 Å².